The van der Waals surface area contributed by atoms with Gasteiger partial charge < -0.3 is 19.4 Å². The molecule has 168 valence electrons. The van der Waals surface area contributed by atoms with Gasteiger partial charge in [-0.15, -0.1) is 0 Å². The molecule has 1 fully saturated rings. The number of nitrogens with one attached hydrogen (secondary N) is 1. The summed E-state index contributed by atoms with van der Waals surface area (Å²) in [5.74, 6) is -3.57. The first-order valence-electron chi connectivity index (χ1n) is 9.80. The predicted molar refractivity (Wildman–Crippen MR) is 102 cm³/mol. The average molecular weight is 441 g/mol. The predicted octanol–water partition coefficient (Wildman–Crippen LogP) is 2.61. The van der Waals surface area contributed by atoms with Crippen LogP contribution in [0.15, 0.2) is 0 Å². The lowest BCUT2D eigenvalue weighted by atomic mass is 10.1. The number of likely N-dealkylation sites (tertiary alicyclic amines) is 1. The van der Waals surface area contributed by atoms with E-state index in [4.69, 9.17) is 9.16 Å². The highest BCUT2D eigenvalue weighted by Gasteiger charge is 2.48. The van der Waals surface area contributed by atoms with Crippen molar-refractivity contribution in [2.45, 2.75) is 83.5 Å². The van der Waals surface area contributed by atoms with Crippen molar-refractivity contribution in [2.75, 3.05) is 13.2 Å². The van der Waals surface area contributed by atoms with E-state index in [0.717, 1.165) is 6.42 Å². The van der Waals surface area contributed by atoms with Crippen LogP contribution in [-0.2, 0) is 23.5 Å². The molecule has 0 aromatic heterocycles. The molecule has 0 aromatic carbocycles. The third-order valence-electron chi connectivity index (χ3n) is 4.36. The van der Waals surface area contributed by atoms with E-state index in [1.165, 1.54) is 0 Å². The van der Waals surface area contributed by atoms with Gasteiger partial charge in [-0.25, -0.2) is 4.79 Å². The van der Waals surface area contributed by atoms with Gasteiger partial charge in [0.2, 0.25) is 5.91 Å². The summed E-state index contributed by atoms with van der Waals surface area (Å²) < 4.78 is 49.5. The summed E-state index contributed by atoms with van der Waals surface area (Å²) >= 11 is 0. The number of carbonyl (C=O) groups excluding carboxylic acids is 3. The molecule has 0 unspecified atom stereocenters. The Morgan fingerprint density at radius 3 is 2.38 bits per heavy atom. The molecule has 0 aromatic rings. The summed E-state index contributed by atoms with van der Waals surface area (Å²) in [6.07, 6.45) is -3.97. The Morgan fingerprint density at radius 1 is 1.24 bits per heavy atom. The van der Waals surface area contributed by atoms with E-state index in [1.54, 1.807) is 6.92 Å². The normalized spacial score (nSPS) is 19.6. The Balaban J connectivity index is 2.94. The van der Waals surface area contributed by atoms with Gasteiger partial charge in [-0.05, 0) is 45.8 Å². The second kappa shape index (κ2) is 10.4. The fourth-order valence-electron chi connectivity index (χ4n) is 3.10. The molecule has 0 spiro atoms. The zero-order valence-corrected chi connectivity index (χ0v) is 18.6. The number of carbonyl (C=O) groups is 3. The molecule has 1 heterocycles. The molecule has 0 radical (unpaired) electrons. The Labute approximate surface area is 170 Å². The molecule has 2 amide bonds. The number of unbranched alkanes of at least 4 members (excludes halogenated alkanes) is 1. The summed E-state index contributed by atoms with van der Waals surface area (Å²) in [4.78, 5) is 37.3. The number of rotatable bonds is 9. The second-order valence-corrected chi connectivity index (χ2v) is 12.6. The summed E-state index contributed by atoms with van der Waals surface area (Å²) in [7, 11) is -2.08. The fourth-order valence-corrected chi connectivity index (χ4v) is 4.35. The van der Waals surface area contributed by atoms with Gasteiger partial charge in [-0.3, -0.25) is 9.59 Å². The highest BCUT2D eigenvalue weighted by molar-refractivity contribution is 6.69. The van der Waals surface area contributed by atoms with E-state index in [1.807, 2.05) is 26.6 Å². The number of nitrogens with zero attached hydrogens (tertiary/aromatic N) is 1. The Hall–Kier alpha value is -1.62. The first kappa shape index (κ1) is 25.4. The minimum absolute atomic E-state index is 0.0918. The lowest BCUT2D eigenvalue weighted by Crippen LogP contribution is -2.57. The Morgan fingerprint density at radius 2 is 1.86 bits per heavy atom. The highest BCUT2D eigenvalue weighted by atomic mass is 28.4. The maximum atomic E-state index is 12.8. The van der Waals surface area contributed by atoms with E-state index in [0.29, 0.717) is 11.3 Å². The van der Waals surface area contributed by atoms with Crippen molar-refractivity contribution < 1.29 is 36.7 Å². The number of ether oxygens (including phenoxy) is 1. The van der Waals surface area contributed by atoms with Gasteiger partial charge in [0.25, 0.3) is 0 Å². The lowest BCUT2D eigenvalue weighted by Gasteiger charge is -2.31. The number of hydrogen-bond acceptors (Lipinski definition) is 5. The molecule has 7 nitrogen and oxygen atoms in total. The minimum Gasteiger partial charge on any atom is -0.464 e. The molecule has 0 saturated carbocycles. The molecular weight excluding hydrogens is 409 g/mol. The second-order valence-electron chi connectivity index (χ2n) is 8.10. The van der Waals surface area contributed by atoms with Crippen molar-refractivity contribution in [3.05, 3.63) is 0 Å². The zero-order valence-electron chi connectivity index (χ0n) is 17.6. The van der Waals surface area contributed by atoms with E-state index >= 15 is 0 Å². The van der Waals surface area contributed by atoms with Crippen molar-refractivity contribution in [1.29, 1.82) is 0 Å². The smallest absolute Gasteiger partial charge is 0.464 e. The SMILES string of the molecule is CCCCOC(=O)[C@@H](NC(=O)[C@@H]1CCCN1C(=O)C(F)(F)F)[C@@H](C)O[Si](C)(C)C. The Bertz CT molecular complexity index is 595. The molecule has 1 N–H and O–H groups in total. The van der Waals surface area contributed by atoms with Crippen molar-refractivity contribution in [2.24, 2.45) is 0 Å². The molecule has 1 aliphatic heterocycles. The van der Waals surface area contributed by atoms with Crippen LogP contribution >= 0.6 is 0 Å². The van der Waals surface area contributed by atoms with E-state index in [-0.39, 0.29) is 26.0 Å². The largest absolute Gasteiger partial charge is 0.471 e. The third kappa shape index (κ3) is 7.96. The third-order valence-corrected chi connectivity index (χ3v) is 5.44. The van der Waals surface area contributed by atoms with Crippen LogP contribution < -0.4 is 5.32 Å². The standard InChI is InChI=1S/C18H31F3N2O5Si/c1-6-7-11-27-16(25)14(12(2)28-29(3,4)5)22-15(24)13-9-8-10-23(13)17(26)18(19,20)21/h12-14H,6-11H2,1-5H3,(H,22,24)/t12-,13+,14+/m1/s1. The lowest BCUT2D eigenvalue weighted by molar-refractivity contribution is -0.186. The summed E-state index contributed by atoms with van der Waals surface area (Å²) in [5, 5.41) is 2.47. The maximum absolute atomic E-state index is 12.8. The maximum Gasteiger partial charge on any atom is 0.471 e. The number of esters is 1. The monoisotopic (exact) mass is 440 g/mol. The molecule has 1 aliphatic rings. The minimum atomic E-state index is -5.06. The molecule has 0 bridgehead atoms. The van der Waals surface area contributed by atoms with Crippen LogP contribution in [-0.4, -0.2) is 68.5 Å². The van der Waals surface area contributed by atoms with Crippen LogP contribution in [0.3, 0.4) is 0 Å². The first-order chi connectivity index (χ1) is 13.3. The van der Waals surface area contributed by atoms with Crippen LogP contribution in [0.2, 0.25) is 19.6 Å². The van der Waals surface area contributed by atoms with Crippen molar-refractivity contribution in [1.82, 2.24) is 10.2 Å². The van der Waals surface area contributed by atoms with Crippen molar-refractivity contribution in [3.8, 4) is 0 Å². The molecular formula is C18H31F3N2O5Si. The topological polar surface area (TPSA) is 84.9 Å². The van der Waals surface area contributed by atoms with Gasteiger partial charge in [0.05, 0.1) is 12.7 Å². The number of halogens is 3. The average Bonchev–Trinajstić information content (AvgIpc) is 3.05. The van der Waals surface area contributed by atoms with E-state index < -0.39 is 50.5 Å². The fraction of sp³-hybridized carbons (Fsp3) is 0.833. The van der Waals surface area contributed by atoms with Crippen LogP contribution in [0.5, 0.6) is 0 Å². The summed E-state index contributed by atoms with van der Waals surface area (Å²) in [6, 6.07) is -2.45. The molecule has 3 atom stereocenters. The van der Waals surface area contributed by atoms with Crippen LogP contribution in [0.1, 0.15) is 39.5 Å². The van der Waals surface area contributed by atoms with Crippen LogP contribution in [0.4, 0.5) is 13.2 Å². The van der Waals surface area contributed by atoms with Gasteiger partial charge in [0, 0.05) is 6.54 Å². The molecule has 1 rings (SSSR count). The number of alkyl halides is 3. The van der Waals surface area contributed by atoms with Gasteiger partial charge in [-0.2, -0.15) is 13.2 Å². The van der Waals surface area contributed by atoms with Crippen molar-refractivity contribution in [3.63, 3.8) is 0 Å². The highest BCUT2D eigenvalue weighted by Crippen LogP contribution is 2.26. The van der Waals surface area contributed by atoms with Crippen molar-refractivity contribution >= 4 is 26.1 Å². The van der Waals surface area contributed by atoms with Gasteiger partial charge in [-0.1, -0.05) is 13.3 Å². The van der Waals surface area contributed by atoms with Gasteiger partial charge in [0.15, 0.2) is 14.4 Å². The number of hydrogen-bond donors (Lipinski definition) is 1. The van der Waals surface area contributed by atoms with Crippen LogP contribution in [0, 0.1) is 0 Å². The Kier molecular flexibility index (Phi) is 9.13. The van der Waals surface area contributed by atoms with E-state index in [9.17, 15) is 27.6 Å². The molecule has 1 saturated heterocycles. The molecule has 0 aliphatic carbocycles. The first-order valence-corrected chi connectivity index (χ1v) is 13.2. The number of amides is 2. The van der Waals surface area contributed by atoms with E-state index in [2.05, 4.69) is 5.32 Å². The van der Waals surface area contributed by atoms with Crippen LogP contribution in [0.25, 0.3) is 0 Å². The zero-order chi connectivity index (χ0) is 22.4. The summed E-state index contributed by atoms with van der Waals surface area (Å²) in [5.41, 5.74) is 0. The molecule has 29 heavy (non-hydrogen) atoms. The van der Waals surface area contributed by atoms with Gasteiger partial charge >= 0.3 is 18.1 Å². The molecule has 11 heteroatoms. The summed E-state index contributed by atoms with van der Waals surface area (Å²) in [6.45, 7) is 9.27. The quantitative estimate of drug-likeness (QED) is 0.338. The van der Waals surface area contributed by atoms with Gasteiger partial charge in [0.1, 0.15) is 6.04 Å².